The molecule has 2 N–H and O–H groups in total. The summed E-state index contributed by atoms with van der Waals surface area (Å²) >= 11 is 1.58. The van der Waals surface area contributed by atoms with Crippen molar-refractivity contribution >= 4 is 33.4 Å². The number of benzene rings is 1. The first-order valence-corrected chi connectivity index (χ1v) is 13.0. The van der Waals surface area contributed by atoms with Crippen LogP contribution in [-0.4, -0.2) is 51.2 Å². The van der Waals surface area contributed by atoms with Gasteiger partial charge in [-0.05, 0) is 68.9 Å². The Hall–Kier alpha value is -1.09. The second-order valence-corrected chi connectivity index (χ2v) is 11.5. The van der Waals surface area contributed by atoms with Gasteiger partial charge in [-0.2, -0.15) is 0 Å². The molecule has 0 unspecified atom stereocenters. The van der Waals surface area contributed by atoms with Crippen molar-refractivity contribution in [3.8, 4) is 0 Å². The van der Waals surface area contributed by atoms with E-state index in [2.05, 4.69) is 28.8 Å². The third-order valence-electron chi connectivity index (χ3n) is 5.75. The Morgan fingerprint density at radius 2 is 2.00 bits per heavy atom. The van der Waals surface area contributed by atoms with E-state index < -0.39 is 10.0 Å². The third-order valence-corrected chi connectivity index (χ3v) is 8.50. The lowest BCUT2D eigenvalue weighted by Crippen LogP contribution is -2.39. The molecule has 2 heterocycles. The highest BCUT2D eigenvalue weighted by Gasteiger charge is 2.25. The average molecular weight is 440 g/mol. The molecule has 6 nitrogen and oxygen atoms in total. The number of carbonyl (C=O) groups excluding carboxylic acids is 1. The number of likely N-dealkylation sites (tertiary alicyclic amines) is 1. The minimum Gasteiger partial charge on any atom is -0.325 e. The van der Waals surface area contributed by atoms with Gasteiger partial charge in [-0.15, -0.1) is 11.8 Å². The van der Waals surface area contributed by atoms with Crippen LogP contribution in [0.2, 0.25) is 0 Å². The number of carbonyl (C=O) groups is 1. The summed E-state index contributed by atoms with van der Waals surface area (Å²) in [7, 11) is -3.60. The van der Waals surface area contributed by atoms with Crippen LogP contribution in [0.4, 0.5) is 5.69 Å². The molecule has 1 fully saturated rings. The second kappa shape index (κ2) is 9.81. The molecule has 3 rings (SSSR count). The number of amides is 1. The molecule has 0 spiro atoms. The molecule has 0 bridgehead atoms. The average Bonchev–Trinajstić information content (AvgIpc) is 2.83. The molecule has 1 amide bonds. The first-order chi connectivity index (χ1) is 13.7. The van der Waals surface area contributed by atoms with E-state index in [1.807, 2.05) is 6.92 Å². The number of thioether (sulfide) groups is 1. The van der Waals surface area contributed by atoms with Crippen molar-refractivity contribution in [1.82, 2.24) is 9.62 Å². The van der Waals surface area contributed by atoms with Gasteiger partial charge in [0, 0.05) is 23.1 Å². The SMILES string of the molecule is CC(C)CCN1CCC(CNS(=O)(=O)c2ccc3c(c2)NC(=O)[C@@H](C)CS3)CC1. The zero-order chi connectivity index (χ0) is 21.0. The number of hydrogen-bond acceptors (Lipinski definition) is 5. The molecule has 162 valence electrons. The van der Waals surface area contributed by atoms with Crippen LogP contribution < -0.4 is 10.0 Å². The van der Waals surface area contributed by atoms with Crippen LogP contribution in [0.3, 0.4) is 0 Å². The molecule has 8 heteroatoms. The minimum atomic E-state index is -3.60. The van der Waals surface area contributed by atoms with Crippen molar-refractivity contribution in [2.45, 2.75) is 49.8 Å². The summed E-state index contributed by atoms with van der Waals surface area (Å²) in [4.78, 5) is 15.7. The fraction of sp³-hybridized carbons (Fsp3) is 0.667. The predicted octanol–water partition coefficient (Wildman–Crippen LogP) is 3.40. The van der Waals surface area contributed by atoms with E-state index in [4.69, 9.17) is 0 Å². The van der Waals surface area contributed by atoms with Gasteiger partial charge in [0.15, 0.2) is 0 Å². The van der Waals surface area contributed by atoms with Gasteiger partial charge in [-0.25, -0.2) is 13.1 Å². The smallest absolute Gasteiger partial charge is 0.240 e. The van der Waals surface area contributed by atoms with Crippen LogP contribution >= 0.6 is 11.8 Å². The second-order valence-electron chi connectivity index (χ2n) is 8.68. The van der Waals surface area contributed by atoms with Crippen molar-refractivity contribution in [2.24, 2.45) is 17.8 Å². The van der Waals surface area contributed by atoms with Gasteiger partial charge in [-0.1, -0.05) is 20.8 Å². The number of hydrogen-bond donors (Lipinski definition) is 2. The molecule has 0 aliphatic carbocycles. The lowest BCUT2D eigenvalue weighted by molar-refractivity contribution is -0.118. The molecule has 0 radical (unpaired) electrons. The molecule has 29 heavy (non-hydrogen) atoms. The van der Waals surface area contributed by atoms with Gasteiger partial charge in [0.1, 0.15) is 0 Å². The highest BCUT2D eigenvalue weighted by atomic mass is 32.2. The standard InChI is InChI=1S/C21H33N3O3S2/c1-15(2)6-9-24-10-7-17(8-11-24)13-22-29(26,27)18-4-5-20-19(12-18)23-21(25)16(3)14-28-20/h4-5,12,15-17,22H,6-11,13-14H2,1-3H3,(H,23,25)/t16-/m0/s1. The van der Waals surface area contributed by atoms with Crippen LogP contribution in [-0.2, 0) is 14.8 Å². The molecule has 1 aromatic rings. The highest BCUT2D eigenvalue weighted by Crippen LogP contribution is 2.34. The lowest BCUT2D eigenvalue weighted by atomic mass is 9.96. The first kappa shape index (κ1) is 22.6. The monoisotopic (exact) mass is 439 g/mol. The van der Waals surface area contributed by atoms with E-state index in [0.29, 0.717) is 29.8 Å². The van der Waals surface area contributed by atoms with Crippen LogP contribution in [0.1, 0.15) is 40.0 Å². The number of anilines is 1. The molecule has 1 atom stereocenters. The zero-order valence-corrected chi connectivity index (χ0v) is 19.2. The van der Waals surface area contributed by atoms with Crippen molar-refractivity contribution in [3.05, 3.63) is 18.2 Å². The van der Waals surface area contributed by atoms with Crippen molar-refractivity contribution in [1.29, 1.82) is 0 Å². The predicted molar refractivity (Wildman–Crippen MR) is 119 cm³/mol. The van der Waals surface area contributed by atoms with E-state index in [-0.39, 0.29) is 16.7 Å². The van der Waals surface area contributed by atoms with Crippen molar-refractivity contribution in [2.75, 3.05) is 37.2 Å². The topological polar surface area (TPSA) is 78.5 Å². The molecule has 0 aromatic heterocycles. The number of piperidine rings is 1. The summed E-state index contributed by atoms with van der Waals surface area (Å²) in [6.45, 7) is 10.0. The maximum atomic E-state index is 12.8. The number of sulfonamides is 1. The van der Waals surface area contributed by atoms with E-state index in [1.54, 1.807) is 30.0 Å². The molecule has 1 saturated heterocycles. The van der Waals surface area contributed by atoms with E-state index in [0.717, 1.165) is 37.4 Å². The minimum absolute atomic E-state index is 0.0667. The number of rotatable bonds is 7. The Morgan fingerprint density at radius 3 is 2.69 bits per heavy atom. The maximum absolute atomic E-state index is 12.8. The Kier molecular flexibility index (Phi) is 7.64. The van der Waals surface area contributed by atoms with Crippen LogP contribution in [0.25, 0.3) is 0 Å². The Balaban J connectivity index is 1.56. The highest BCUT2D eigenvalue weighted by molar-refractivity contribution is 7.99. The molecular weight excluding hydrogens is 406 g/mol. The quantitative estimate of drug-likeness (QED) is 0.681. The Bertz CT molecular complexity index is 818. The normalized spacial score (nSPS) is 21.7. The largest absolute Gasteiger partial charge is 0.325 e. The molecular formula is C21H33N3O3S2. The van der Waals surface area contributed by atoms with Gasteiger partial charge in [0.05, 0.1) is 10.6 Å². The fourth-order valence-corrected chi connectivity index (χ4v) is 5.76. The van der Waals surface area contributed by atoms with Crippen LogP contribution in [0.15, 0.2) is 28.0 Å². The van der Waals surface area contributed by atoms with Gasteiger partial charge < -0.3 is 10.2 Å². The van der Waals surface area contributed by atoms with Gasteiger partial charge in [0.25, 0.3) is 0 Å². The fourth-order valence-electron chi connectivity index (χ4n) is 3.61. The Morgan fingerprint density at radius 1 is 1.28 bits per heavy atom. The Labute approximate surface area is 179 Å². The van der Waals surface area contributed by atoms with Gasteiger partial charge in [0.2, 0.25) is 15.9 Å². The molecule has 1 aromatic carbocycles. The molecule has 0 saturated carbocycles. The maximum Gasteiger partial charge on any atom is 0.240 e. The van der Waals surface area contributed by atoms with Crippen molar-refractivity contribution < 1.29 is 13.2 Å². The molecule has 2 aliphatic heterocycles. The summed E-state index contributed by atoms with van der Waals surface area (Å²) in [5.41, 5.74) is 0.589. The number of nitrogens with zero attached hydrogens (tertiary/aromatic N) is 1. The van der Waals surface area contributed by atoms with Gasteiger partial charge in [-0.3, -0.25) is 4.79 Å². The number of fused-ring (bicyclic) bond motifs is 1. The van der Waals surface area contributed by atoms with Crippen molar-refractivity contribution in [3.63, 3.8) is 0 Å². The summed E-state index contributed by atoms with van der Waals surface area (Å²) in [6.07, 6.45) is 3.26. The summed E-state index contributed by atoms with van der Waals surface area (Å²) in [5.74, 6) is 1.61. The third kappa shape index (κ3) is 6.20. The molecule has 2 aliphatic rings. The van der Waals surface area contributed by atoms with Crippen LogP contribution in [0, 0.1) is 17.8 Å². The van der Waals surface area contributed by atoms with E-state index in [1.165, 1.54) is 6.42 Å². The number of nitrogens with one attached hydrogen (secondary N) is 2. The zero-order valence-electron chi connectivity index (χ0n) is 17.6. The summed E-state index contributed by atoms with van der Waals surface area (Å²) in [5, 5.41) is 2.86. The van der Waals surface area contributed by atoms with E-state index in [9.17, 15) is 13.2 Å². The summed E-state index contributed by atoms with van der Waals surface area (Å²) < 4.78 is 28.4. The summed E-state index contributed by atoms with van der Waals surface area (Å²) in [6, 6.07) is 5.00. The lowest BCUT2D eigenvalue weighted by Gasteiger charge is -2.32. The van der Waals surface area contributed by atoms with E-state index >= 15 is 0 Å². The first-order valence-electron chi connectivity index (χ1n) is 10.5. The van der Waals surface area contributed by atoms with Crippen LogP contribution in [0.5, 0.6) is 0 Å². The van der Waals surface area contributed by atoms with Gasteiger partial charge >= 0.3 is 0 Å².